The van der Waals surface area contributed by atoms with Crippen molar-refractivity contribution in [1.29, 1.82) is 0 Å². The average molecular weight is 492 g/mol. The number of fused-ring (bicyclic) bond motifs is 2. The Kier molecular flexibility index (Phi) is 5.76. The summed E-state index contributed by atoms with van der Waals surface area (Å²) in [5, 5.41) is 15.5. The number of methoxy groups -OCH3 is 1. The first-order chi connectivity index (χ1) is 17.3. The summed E-state index contributed by atoms with van der Waals surface area (Å²) >= 11 is 0. The van der Waals surface area contributed by atoms with Gasteiger partial charge < -0.3 is 25.0 Å². The third kappa shape index (κ3) is 3.54. The summed E-state index contributed by atoms with van der Waals surface area (Å²) in [4.78, 5) is 31.4. The minimum atomic E-state index is -1.000. The second-order valence-electron chi connectivity index (χ2n) is 11.6. The second-order valence-corrected chi connectivity index (χ2v) is 11.6. The molecule has 6 rings (SSSR count). The van der Waals surface area contributed by atoms with Gasteiger partial charge in [-0.1, -0.05) is 25.3 Å². The molecule has 2 aromatic rings. The van der Waals surface area contributed by atoms with Crippen molar-refractivity contribution in [1.82, 2.24) is 15.2 Å². The fourth-order valence-corrected chi connectivity index (χ4v) is 7.66. The molecule has 1 amide bonds. The number of H-pyrrole nitrogens is 1. The summed E-state index contributed by atoms with van der Waals surface area (Å²) < 4.78 is 5.55. The number of likely N-dealkylation sites (tertiary alicyclic amines) is 1. The van der Waals surface area contributed by atoms with Crippen LogP contribution in [0.3, 0.4) is 0 Å². The molecule has 3 aliphatic carbocycles. The van der Waals surface area contributed by atoms with Crippen molar-refractivity contribution in [3.8, 4) is 5.75 Å². The van der Waals surface area contributed by atoms with Crippen LogP contribution >= 0.6 is 0 Å². The Labute approximate surface area is 212 Å². The number of rotatable bonds is 4. The summed E-state index contributed by atoms with van der Waals surface area (Å²) in [5.74, 6) is 0.967. The molecule has 0 spiro atoms. The monoisotopic (exact) mass is 491 g/mol. The third-order valence-corrected chi connectivity index (χ3v) is 9.72. The normalized spacial score (nSPS) is 29.6. The van der Waals surface area contributed by atoms with Crippen LogP contribution in [0.25, 0.3) is 0 Å². The molecule has 192 valence electrons. The standard InChI is InChI=1S/C29H37N3O4/c1-32-11-10-28-16-24-20(12-22(27(34)31-24)26(33)30-17-18-6-4-3-5-7-18)15-29(28,35)25(32)13-19-8-9-21(36-2)14-23(19)28/h8-9,12,14,18,25,35H,3-7,10-11,13,15-17H2,1-2H3,(H,30,33)(H,31,34)/t25-,28-,29-/m1/s1. The highest BCUT2D eigenvalue weighted by Gasteiger charge is 2.64. The molecular weight excluding hydrogens is 454 g/mol. The minimum absolute atomic E-state index is 0.0317. The lowest BCUT2D eigenvalue weighted by Gasteiger charge is -2.63. The maximum atomic E-state index is 13.1. The number of carbonyl (C=O) groups is 1. The predicted molar refractivity (Wildman–Crippen MR) is 138 cm³/mol. The van der Waals surface area contributed by atoms with E-state index in [0.29, 0.717) is 25.3 Å². The molecule has 1 saturated carbocycles. The van der Waals surface area contributed by atoms with Gasteiger partial charge in [0, 0.05) is 36.5 Å². The van der Waals surface area contributed by atoms with Crippen LogP contribution in [0.1, 0.15) is 71.3 Å². The summed E-state index contributed by atoms with van der Waals surface area (Å²) in [5.41, 5.74) is 2.39. The summed E-state index contributed by atoms with van der Waals surface area (Å²) in [7, 11) is 3.76. The van der Waals surface area contributed by atoms with E-state index >= 15 is 0 Å². The molecule has 2 heterocycles. The third-order valence-electron chi connectivity index (χ3n) is 9.72. The number of piperidine rings is 1. The number of nitrogens with zero attached hydrogens (tertiary/aromatic N) is 1. The zero-order valence-corrected chi connectivity index (χ0v) is 21.4. The lowest BCUT2D eigenvalue weighted by Crippen LogP contribution is -2.73. The number of ether oxygens (including phenoxy) is 1. The van der Waals surface area contributed by atoms with Crippen molar-refractivity contribution in [3.05, 3.63) is 62.6 Å². The van der Waals surface area contributed by atoms with Gasteiger partial charge in [0.2, 0.25) is 0 Å². The highest BCUT2D eigenvalue weighted by molar-refractivity contribution is 5.94. The van der Waals surface area contributed by atoms with E-state index in [2.05, 4.69) is 34.4 Å². The molecule has 36 heavy (non-hydrogen) atoms. The molecule has 2 bridgehead atoms. The zero-order chi connectivity index (χ0) is 25.1. The predicted octanol–water partition coefficient (Wildman–Crippen LogP) is 2.72. The van der Waals surface area contributed by atoms with E-state index in [1.54, 1.807) is 13.2 Å². The average Bonchev–Trinajstić information content (AvgIpc) is 2.88. The van der Waals surface area contributed by atoms with Gasteiger partial charge >= 0.3 is 0 Å². The van der Waals surface area contributed by atoms with E-state index in [4.69, 9.17) is 4.74 Å². The number of hydrogen-bond acceptors (Lipinski definition) is 5. The highest BCUT2D eigenvalue weighted by atomic mass is 16.5. The number of amides is 1. The molecule has 4 aliphatic rings. The zero-order valence-electron chi connectivity index (χ0n) is 21.4. The van der Waals surface area contributed by atoms with Crippen LogP contribution in [-0.2, 0) is 24.7 Å². The largest absolute Gasteiger partial charge is 0.497 e. The van der Waals surface area contributed by atoms with Crippen molar-refractivity contribution >= 4 is 5.91 Å². The molecule has 1 aromatic carbocycles. The van der Waals surface area contributed by atoms with Gasteiger partial charge in [-0.2, -0.15) is 0 Å². The Morgan fingerprint density at radius 3 is 2.78 bits per heavy atom. The Hall–Kier alpha value is -2.64. The van der Waals surface area contributed by atoms with Crippen LogP contribution in [0.15, 0.2) is 29.1 Å². The van der Waals surface area contributed by atoms with Gasteiger partial charge in [0.25, 0.3) is 11.5 Å². The van der Waals surface area contributed by atoms with Crippen LogP contribution in [0, 0.1) is 5.92 Å². The van der Waals surface area contributed by atoms with Crippen LogP contribution in [-0.4, -0.2) is 59.8 Å². The first-order valence-electron chi connectivity index (χ1n) is 13.5. The number of aliphatic hydroxyl groups is 1. The van der Waals surface area contributed by atoms with Crippen molar-refractivity contribution in [2.24, 2.45) is 5.92 Å². The van der Waals surface area contributed by atoms with Crippen molar-refractivity contribution in [3.63, 3.8) is 0 Å². The lowest BCUT2D eigenvalue weighted by atomic mass is 9.49. The Balaban J connectivity index is 1.37. The van der Waals surface area contributed by atoms with E-state index < -0.39 is 11.0 Å². The van der Waals surface area contributed by atoms with E-state index in [0.717, 1.165) is 54.8 Å². The van der Waals surface area contributed by atoms with Crippen molar-refractivity contribution < 1.29 is 14.6 Å². The number of likely N-dealkylation sites (N-methyl/N-ethyl adjacent to an activating group) is 1. The maximum absolute atomic E-state index is 13.1. The van der Waals surface area contributed by atoms with Gasteiger partial charge in [0.1, 0.15) is 11.3 Å². The number of hydrogen-bond donors (Lipinski definition) is 3. The molecule has 0 unspecified atom stereocenters. The van der Waals surface area contributed by atoms with E-state index in [9.17, 15) is 14.7 Å². The Bertz CT molecular complexity index is 1250. The van der Waals surface area contributed by atoms with Gasteiger partial charge in [-0.3, -0.25) is 9.59 Å². The van der Waals surface area contributed by atoms with Gasteiger partial charge in [-0.25, -0.2) is 0 Å². The molecule has 3 atom stereocenters. The number of nitrogens with one attached hydrogen (secondary N) is 2. The number of carbonyl (C=O) groups excluding carboxylic acids is 1. The summed E-state index contributed by atoms with van der Waals surface area (Å²) in [6.45, 7) is 1.50. The van der Waals surface area contributed by atoms with Crippen LogP contribution < -0.4 is 15.6 Å². The Morgan fingerprint density at radius 1 is 1.19 bits per heavy atom. The maximum Gasteiger partial charge on any atom is 0.261 e. The smallest absolute Gasteiger partial charge is 0.261 e. The fraction of sp³-hybridized carbons (Fsp3) is 0.586. The van der Waals surface area contributed by atoms with Crippen LogP contribution in [0.4, 0.5) is 0 Å². The van der Waals surface area contributed by atoms with E-state index in [-0.39, 0.29) is 23.1 Å². The Morgan fingerprint density at radius 2 is 2.00 bits per heavy atom. The molecule has 3 N–H and O–H groups in total. The summed E-state index contributed by atoms with van der Waals surface area (Å²) in [6, 6.07) is 7.91. The molecule has 2 fully saturated rings. The molecule has 1 aromatic heterocycles. The number of pyridine rings is 1. The van der Waals surface area contributed by atoms with Crippen LogP contribution in [0.5, 0.6) is 5.75 Å². The molecule has 7 heteroatoms. The van der Waals surface area contributed by atoms with E-state index in [1.165, 1.54) is 24.8 Å². The van der Waals surface area contributed by atoms with Gasteiger partial charge in [0.15, 0.2) is 0 Å². The van der Waals surface area contributed by atoms with E-state index in [1.807, 2.05) is 6.07 Å². The van der Waals surface area contributed by atoms with Crippen molar-refractivity contribution in [2.75, 3.05) is 27.2 Å². The fourth-order valence-electron chi connectivity index (χ4n) is 7.66. The lowest BCUT2D eigenvalue weighted by molar-refractivity contribution is -0.145. The molecular formula is C29H37N3O4. The first kappa shape index (κ1) is 23.7. The molecule has 0 radical (unpaired) electrons. The topological polar surface area (TPSA) is 94.7 Å². The highest BCUT2D eigenvalue weighted by Crippen LogP contribution is 2.56. The molecule has 1 aliphatic heterocycles. The van der Waals surface area contributed by atoms with Gasteiger partial charge in [-0.05, 0) is 80.1 Å². The number of aromatic amines is 1. The minimum Gasteiger partial charge on any atom is -0.497 e. The SMILES string of the molecule is COc1ccc2c(c1)[C@]13CCN(C)[C@H](C2)[C@]1(O)Cc1cc(C(=O)NCC2CCCCC2)c(=O)[nH]c1C3. The summed E-state index contributed by atoms with van der Waals surface area (Å²) in [6.07, 6.45) is 8.48. The first-order valence-corrected chi connectivity index (χ1v) is 13.5. The second kappa shape index (κ2) is 8.73. The molecule has 7 nitrogen and oxygen atoms in total. The van der Waals surface area contributed by atoms with Gasteiger partial charge in [-0.15, -0.1) is 0 Å². The number of benzene rings is 1. The van der Waals surface area contributed by atoms with Gasteiger partial charge in [0.05, 0.1) is 12.7 Å². The number of aromatic nitrogens is 1. The van der Waals surface area contributed by atoms with Crippen molar-refractivity contribution in [2.45, 2.75) is 74.8 Å². The van der Waals surface area contributed by atoms with Crippen LogP contribution in [0.2, 0.25) is 0 Å². The quantitative estimate of drug-likeness (QED) is 0.612. The molecule has 1 saturated heterocycles.